The highest BCUT2D eigenvalue weighted by molar-refractivity contribution is 5.74. The zero-order chi connectivity index (χ0) is 12.1. The lowest BCUT2D eigenvalue weighted by molar-refractivity contribution is 0.186. The molecule has 2 aliphatic heterocycles. The van der Waals surface area contributed by atoms with Crippen molar-refractivity contribution < 1.29 is 4.79 Å². The van der Waals surface area contributed by atoms with Gasteiger partial charge in [0.05, 0.1) is 0 Å². The summed E-state index contributed by atoms with van der Waals surface area (Å²) in [6.07, 6.45) is 6.01. The lowest BCUT2D eigenvalue weighted by Crippen LogP contribution is -2.53. The number of carbonyl (C=O) groups is 1. The van der Waals surface area contributed by atoms with Gasteiger partial charge in [-0.15, -0.1) is 0 Å². The molecule has 0 bridgehead atoms. The Kier molecular flexibility index (Phi) is 4.66. The molecule has 17 heavy (non-hydrogen) atoms. The first-order valence-corrected chi connectivity index (χ1v) is 7.03. The van der Waals surface area contributed by atoms with Crippen LogP contribution >= 0.6 is 0 Å². The number of hydrogen-bond donors (Lipinski definition) is 2. The Bertz CT molecular complexity index is 249. The van der Waals surface area contributed by atoms with Crippen molar-refractivity contribution in [3.63, 3.8) is 0 Å². The van der Waals surface area contributed by atoms with Gasteiger partial charge in [-0.3, -0.25) is 0 Å². The van der Waals surface area contributed by atoms with Gasteiger partial charge in [-0.05, 0) is 31.7 Å². The van der Waals surface area contributed by atoms with E-state index >= 15 is 0 Å². The molecular weight excluding hydrogens is 214 g/mol. The molecule has 0 radical (unpaired) electrons. The standard InChI is InChI=1S/C13H25N3O/c1-11-6-7-14-10-12(11)15-13(17)16-8-4-2-3-5-9-16/h11-12,14H,2-10H2,1H3,(H,15,17). The molecule has 2 fully saturated rings. The Labute approximate surface area is 104 Å². The van der Waals surface area contributed by atoms with E-state index in [4.69, 9.17) is 0 Å². The molecule has 4 nitrogen and oxygen atoms in total. The Morgan fingerprint density at radius 3 is 2.59 bits per heavy atom. The summed E-state index contributed by atoms with van der Waals surface area (Å²) in [4.78, 5) is 14.1. The molecule has 2 N–H and O–H groups in total. The molecule has 0 aromatic carbocycles. The van der Waals surface area contributed by atoms with Gasteiger partial charge in [-0.25, -0.2) is 4.79 Å². The molecule has 4 heteroatoms. The first-order chi connectivity index (χ1) is 8.27. The molecule has 2 aliphatic rings. The molecule has 2 atom stereocenters. The number of amides is 2. The minimum Gasteiger partial charge on any atom is -0.334 e. The van der Waals surface area contributed by atoms with E-state index in [1.807, 2.05) is 4.90 Å². The number of carbonyl (C=O) groups excluding carboxylic acids is 1. The largest absolute Gasteiger partial charge is 0.334 e. The van der Waals surface area contributed by atoms with E-state index in [1.54, 1.807) is 0 Å². The van der Waals surface area contributed by atoms with E-state index in [0.29, 0.717) is 12.0 Å². The first kappa shape index (κ1) is 12.7. The minimum atomic E-state index is 0.146. The van der Waals surface area contributed by atoms with Crippen LogP contribution in [0.4, 0.5) is 4.79 Å². The van der Waals surface area contributed by atoms with Crippen LogP contribution in [0.1, 0.15) is 39.0 Å². The maximum atomic E-state index is 12.2. The summed E-state index contributed by atoms with van der Waals surface area (Å²) < 4.78 is 0. The third-order valence-electron chi connectivity index (χ3n) is 4.03. The number of piperidine rings is 1. The molecule has 0 spiro atoms. The average molecular weight is 239 g/mol. The average Bonchev–Trinajstić information content (AvgIpc) is 2.61. The van der Waals surface area contributed by atoms with Crippen LogP contribution in [0.25, 0.3) is 0 Å². The Balaban J connectivity index is 1.82. The number of urea groups is 1. The van der Waals surface area contributed by atoms with Crippen LogP contribution in [0.2, 0.25) is 0 Å². The Morgan fingerprint density at radius 2 is 1.94 bits per heavy atom. The van der Waals surface area contributed by atoms with Crippen molar-refractivity contribution in [2.24, 2.45) is 5.92 Å². The molecule has 0 aliphatic carbocycles. The Morgan fingerprint density at radius 1 is 1.24 bits per heavy atom. The third kappa shape index (κ3) is 3.60. The predicted molar refractivity (Wildman–Crippen MR) is 69.0 cm³/mol. The summed E-state index contributed by atoms with van der Waals surface area (Å²) in [5.41, 5.74) is 0. The van der Waals surface area contributed by atoms with Gasteiger partial charge in [-0.1, -0.05) is 19.8 Å². The normalized spacial score (nSPS) is 30.8. The second-order valence-electron chi connectivity index (χ2n) is 5.43. The fraction of sp³-hybridized carbons (Fsp3) is 0.923. The number of nitrogens with one attached hydrogen (secondary N) is 2. The number of rotatable bonds is 1. The quantitative estimate of drug-likeness (QED) is 0.729. The molecule has 2 saturated heterocycles. The van der Waals surface area contributed by atoms with Gasteiger partial charge in [0.15, 0.2) is 0 Å². The topological polar surface area (TPSA) is 44.4 Å². The second-order valence-corrected chi connectivity index (χ2v) is 5.43. The number of nitrogens with zero attached hydrogens (tertiary/aromatic N) is 1. The molecule has 2 heterocycles. The third-order valence-corrected chi connectivity index (χ3v) is 4.03. The summed E-state index contributed by atoms with van der Waals surface area (Å²) >= 11 is 0. The minimum absolute atomic E-state index is 0.146. The monoisotopic (exact) mass is 239 g/mol. The van der Waals surface area contributed by atoms with Gasteiger partial charge in [0.25, 0.3) is 0 Å². The van der Waals surface area contributed by atoms with Crippen molar-refractivity contribution in [3.8, 4) is 0 Å². The van der Waals surface area contributed by atoms with Crippen molar-refractivity contribution in [1.82, 2.24) is 15.5 Å². The molecule has 0 saturated carbocycles. The predicted octanol–water partition coefficient (Wildman–Crippen LogP) is 1.57. The molecule has 98 valence electrons. The zero-order valence-electron chi connectivity index (χ0n) is 10.9. The number of likely N-dealkylation sites (tertiary alicyclic amines) is 1. The molecule has 2 unspecified atom stereocenters. The van der Waals surface area contributed by atoms with E-state index in [0.717, 1.165) is 45.4 Å². The zero-order valence-corrected chi connectivity index (χ0v) is 10.9. The second kappa shape index (κ2) is 6.24. The van der Waals surface area contributed by atoms with Gasteiger partial charge in [0.2, 0.25) is 0 Å². The van der Waals surface area contributed by atoms with Crippen LogP contribution in [0, 0.1) is 5.92 Å². The smallest absolute Gasteiger partial charge is 0.317 e. The first-order valence-electron chi connectivity index (χ1n) is 7.03. The molecular formula is C13H25N3O. The van der Waals surface area contributed by atoms with Crippen LogP contribution in [0.5, 0.6) is 0 Å². The highest BCUT2D eigenvalue weighted by Crippen LogP contribution is 2.13. The van der Waals surface area contributed by atoms with E-state index in [1.165, 1.54) is 12.8 Å². The summed E-state index contributed by atoms with van der Waals surface area (Å²) in [6.45, 7) is 6.09. The fourth-order valence-corrected chi connectivity index (χ4v) is 2.71. The van der Waals surface area contributed by atoms with Crippen molar-refractivity contribution in [2.75, 3.05) is 26.2 Å². The van der Waals surface area contributed by atoms with E-state index in [-0.39, 0.29) is 6.03 Å². The van der Waals surface area contributed by atoms with Crippen molar-refractivity contribution in [2.45, 2.75) is 45.1 Å². The van der Waals surface area contributed by atoms with Crippen LogP contribution < -0.4 is 10.6 Å². The Hall–Kier alpha value is -0.770. The highest BCUT2D eigenvalue weighted by atomic mass is 16.2. The highest BCUT2D eigenvalue weighted by Gasteiger charge is 2.24. The van der Waals surface area contributed by atoms with Gasteiger partial charge in [-0.2, -0.15) is 0 Å². The maximum Gasteiger partial charge on any atom is 0.317 e. The van der Waals surface area contributed by atoms with Crippen molar-refractivity contribution >= 4 is 6.03 Å². The van der Waals surface area contributed by atoms with E-state index in [9.17, 15) is 4.79 Å². The van der Waals surface area contributed by atoms with Crippen LogP contribution in [0.15, 0.2) is 0 Å². The van der Waals surface area contributed by atoms with E-state index < -0.39 is 0 Å². The number of hydrogen-bond acceptors (Lipinski definition) is 2. The van der Waals surface area contributed by atoms with Crippen LogP contribution in [0.3, 0.4) is 0 Å². The maximum absolute atomic E-state index is 12.2. The summed E-state index contributed by atoms with van der Waals surface area (Å²) in [5, 5.41) is 6.54. The lowest BCUT2D eigenvalue weighted by atomic mass is 9.95. The van der Waals surface area contributed by atoms with Gasteiger partial charge >= 0.3 is 6.03 Å². The van der Waals surface area contributed by atoms with Gasteiger partial charge < -0.3 is 15.5 Å². The van der Waals surface area contributed by atoms with Gasteiger partial charge in [0, 0.05) is 25.7 Å². The molecule has 0 aromatic heterocycles. The lowest BCUT2D eigenvalue weighted by Gasteiger charge is -2.32. The van der Waals surface area contributed by atoms with Crippen LogP contribution in [-0.4, -0.2) is 43.2 Å². The SMILES string of the molecule is CC1CCNCC1NC(=O)N1CCCCCC1. The van der Waals surface area contributed by atoms with E-state index in [2.05, 4.69) is 17.6 Å². The molecule has 2 amide bonds. The van der Waals surface area contributed by atoms with Crippen molar-refractivity contribution in [1.29, 1.82) is 0 Å². The summed E-state index contributed by atoms with van der Waals surface area (Å²) in [7, 11) is 0. The van der Waals surface area contributed by atoms with Crippen LogP contribution in [-0.2, 0) is 0 Å². The fourth-order valence-electron chi connectivity index (χ4n) is 2.71. The van der Waals surface area contributed by atoms with Gasteiger partial charge in [0.1, 0.15) is 0 Å². The molecule has 0 aromatic rings. The molecule has 2 rings (SSSR count). The summed E-state index contributed by atoms with van der Waals surface area (Å²) in [5.74, 6) is 0.590. The summed E-state index contributed by atoms with van der Waals surface area (Å²) in [6, 6.07) is 0.451. The van der Waals surface area contributed by atoms with Crippen molar-refractivity contribution in [3.05, 3.63) is 0 Å².